The third kappa shape index (κ3) is 3.92. The average molecular weight is 342 g/mol. The lowest BCUT2D eigenvalue weighted by Crippen LogP contribution is -2.23. The first-order valence-electron chi connectivity index (χ1n) is 7.52. The first kappa shape index (κ1) is 16.0. The summed E-state index contributed by atoms with van der Waals surface area (Å²) >= 11 is 3.32. The van der Waals surface area contributed by atoms with E-state index in [1.54, 1.807) is 23.1 Å². The molecule has 2 aromatic carbocycles. The molecule has 0 unspecified atom stereocenters. The molecule has 0 saturated carbocycles. The van der Waals surface area contributed by atoms with E-state index in [0.717, 1.165) is 25.7 Å². The van der Waals surface area contributed by atoms with Crippen LogP contribution in [0.1, 0.15) is 29.2 Å². The van der Waals surface area contributed by atoms with E-state index < -0.39 is 0 Å². The van der Waals surface area contributed by atoms with Crippen molar-refractivity contribution in [3.63, 3.8) is 0 Å². The molecule has 0 spiro atoms. The fourth-order valence-electron chi connectivity index (χ4n) is 2.26. The van der Waals surface area contributed by atoms with Gasteiger partial charge in [-0.05, 0) is 24.3 Å². The Bertz CT molecular complexity index is 794. The number of thioether (sulfide) groups is 1. The second-order valence-electron chi connectivity index (χ2n) is 5.42. The summed E-state index contributed by atoms with van der Waals surface area (Å²) in [7, 11) is 0. The number of amides is 1. The van der Waals surface area contributed by atoms with Crippen LogP contribution in [-0.2, 0) is 6.54 Å². The molecule has 1 amide bonds. The van der Waals surface area contributed by atoms with Crippen LogP contribution < -0.4 is 5.32 Å². The number of rotatable bonds is 5. The molecule has 0 bridgehead atoms. The monoisotopic (exact) mass is 342 g/mol. The number of carbonyl (C=O) groups excluding carboxylic acids is 1. The second kappa shape index (κ2) is 7.15. The summed E-state index contributed by atoms with van der Waals surface area (Å²) in [6.07, 6.45) is 0. The van der Waals surface area contributed by atoms with Crippen LogP contribution in [0.15, 0.2) is 53.4 Å². The third-order valence-corrected chi connectivity index (χ3v) is 5.35. The van der Waals surface area contributed by atoms with Crippen molar-refractivity contribution in [3.8, 4) is 0 Å². The Hall–Kier alpha value is -1.85. The summed E-state index contributed by atoms with van der Waals surface area (Å²) in [6.45, 7) is 4.71. The van der Waals surface area contributed by atoms with Crippen LogP contribution in [0.5, 0.6) is 0 Å². The lowest BCUT2D eigenvalue weighted by atomic mass is 10.2. The minimum atomic E-state index is -0.0481. The molecule has 0 aliphatic rings. The lowest BCUT2D eigenvalue weighted by molar-refractivity contribution is 0.0948. The summed E-state index contributed by atoms with van der Waals surface area (Å²) in [4.78, 5) is 18.1. The number of nitrogens with zero attached hydrogens (tertiary/aromatic N) is 1. The van der Waals surface area contributed by atoms with E-state index in [-0.39, 0.29) is 5.91 Å². The Morgan fingerprint density at radius 2 is 1.91 bits per heavy atom. The Morgan fingerprint density at radius 3 is 2.70 bits per heavy atom. The Kier molecular flexibility index (Phi) is 4.98. The van der Waals surface area contributed by atoms with Crippen molar-refractivity contribution >= 4 is 39.2 Å². The van der Waals surface area contributed by atoms with Crippen LogP contribution in [0.3, 0.4) is 0 Å². The van der Waals surface area contributed by atoms with Gasteiger partial charge in [0, 0.05) is 10.1 Å². The average Bonchev–Trinajstić information content (AvgIpc) is 2.95. The molecule has 0 fully saturated rings. The summed E-state index contributed by atoms with van der Waals surface area (Å²) in [5.41, 5.74) is 1.71. The molecule has 1 N–H and O–H groups in total. The number of para-hydroxylation sites is 1. The smallest absolute Gasteiger partial charge is 0.252 e. The van der Waals surface area contributed by atoms with Gasteiger partial charge >= 0.3 is 0 Å². The fourth-order valence-corrected chi connectivity index (χ4v) is 4.12. The fraction of sp³-hybridized carbons (Fsp3) is 0.222. The molecule has 0 saturated heterocycles. The maximum absolute atomic E-state index is 12.5. The van der Waals surface area contributed by atoms with E-state index in [9.17, 15) is 4.79 Å². The van der Waals surface area contributed by atoms with Gasteiger partial charge in [0.1, 0.15) is 5.01 Å². The van der Waals surface area contributed by atoms with Gasteiger partial charge in [0.05, 0.1) is 22.3 Å². The highest BCUT2D eigenvalue weighted by Crippen LogP contribution is 2.26. The molecule has 3 nitrogen and oxygen atoms in total. The number of carbonyl (C=O) groups is 1. The molecule has 23 heavy (non-hydrogen) atoms. The molecular weight excluding hydrogens is 324 g/mol. The van der Waals surface area contributed by atoms with Gasteiger partial charge in [-0.2, -0.15) is 0 Å². The van der Waals surface area contributed by atoms with Crippen LogP contribution in [0.25, 0.3) is 10.2 Å². The molecule has 0 radical (unpaired) electrons. The minimum absolute atomic E-state index is 0.0481. The molecule has 3 rings (SSSR count). The first-order chi connectivity index (χ1) is 11.1. The van der Waals surface area contributed by atoms with Crippen molar-refractivity contribution in [2.45, 2.75) is 30.5 Å². The zero-order chi connectivity index (χ0) is 16.2. The van der Waals surface area contributed by atoms with Gasteiger partial charge in [-0.3, -0.25) is 4.79 Å². The summed E-state index contributed by atoms with van der Waals surface area (Å²) in [6, 6.07) is 15.8. The van der Waals surface area contributed by atoms with Crippen molar-refractivity contribution in [1.29, 1.82) is 0 Å². The van der Waals surface area contributed by atoms with E-state index in [2.05, 4.69) is 24.1 Å². The highest BCUT2D eigenvalue weighted by Gasteiger charge is 2.13. The molecule has 3 aromatic rings. The summed E-state index contributed by atoms with van der Waals surface area (Å²) in [5, 5.41) is 4.35. The van der Waals surface area contributed by atoms with Crippen molar-refractivity contribution in [2.24, 2.45) is 0 Å². The molecule has 0 aliphatic carbocycles. The second-order valence-corrected chi connectivity index (χ2v) is 8.15. The van der Waals surface area contributed by atoms with E-state index in [0.29, 0.717) is 11.8 Å². The molecule has 1 aromatic heterocycles. The highest BCUT2D eigenvalue weighted by atomic mass is 32.2. The van der Waals surface area contributed by atoms with Gasteiger partial charge in [-0.25, -0.2) is 4.98 Å². The quantitative estimate of drug-likeness (QED) is 0.682. The van der Waals surface area contributed by atoms with E-state index >= 15 is 0 Å². The Morgan fingerprint density at radius 1 is 1.17 bits per heavy atom. The number of thiazole rings is 1. The third-order valence-electron chi connectivity index (χ3n) is 3.23. The Balaban J connectivity index is 1.72. The largest absolute Gasteiger partial charge is 0.345 e. The maximum atomic E-state index is 12.5. The van der Waals surface area contributed by atoms with Crippen LogP contribution in [-0.4, -0.2) is 16.1 Å². The molecule has 0 aliphatic heterocycles. The number of hydrogen-bond acceptors (Lipinski definition) is 4. The van der Waals surface area contributed by atoms with Gasteiger partial charge in [-0.15, -0.1) is 23.1 Å². The maximum Gasteiger partial charge on any atom is 0.252 e. The standard InChI is InChI=1S/C18H18N2OS2/c1-12(2)22-15-9-5-3-7-13(15)18(21)19-11-17-20-14-8-4-6-10-16(14)23-17/h3-10,12H,11H2,1-2H3,(H,19,21). The van der Waals surface area contributed by atoms with Crippen LogP contribution in [0, 0.1) is 0 Å². The van der Waals surface area contributed by atoms with Gasteiger partial charge < -0.3 is 5.32 Å². The number of aromatic nitrogens is 1. The van der Waals surface area contributed by atoms with Crippen molar-refractivity contribution in [1.82, 2.24) is 10.3 Å². The van der Waals surface area contributed by atoms with Gasteiger partial charge in [0.15, 0.2) is 0 Å². The lowest BCUT2D eigenvalue weighted by Gasteiger charge is -2.10. The predicted octanol–water partition coefficient (Wildman–Crippen LogP) is 4.73. The van der Waals surface area contributed by atoms with Gasteiger partial charge in [0.25, 0.3) is 5.91 Å². The van der Waals surface area contributed by atoms with E-state index in [1.165, 1.54) is 0 Å². The van der Waals surface area contributed by atoms with Gasteiger partial charge in [-0.1, -0.05) is 38.1 Å². The van der Waals surface area contributed by atoms with Gasteiger partial charge in [0.2, 0.25) is 0 Å². The predicted molar refractivity (Wildman–Crippen MR) is 98.2 cm³/mol. The van der Waals surface area contributed by atoms with E-state index in [1.807, 2.05) is 48.5 Å². The van der Waals surface area contributed by atoms with Crippen LogP contribution >= 0.6 is 23.1 Å². The topological polar surface area (TPSA) is 42.0 Å². The van der Waals surface area contributed by atoms with E-state index in [4.69, 9.17) is 0 Å². The Labute approximate surface area is 144 Å². The number of nitrogens with one attached hydrogen (secondary N) is 1. The van der Waals surface area contributed by atoms with Crippen LogP contribution in [0.2, 0.25) is 0 Å². The number of benzene rings is 2. The zero-order valence-corrected chi connectivity index (χ0v) is 14.7. The van der Waals surface area contributed by atoms with Crippen molar-refractivity contribution in [2.75, 3.05) is 0 Å². The van der Waals surface area contributed by atoms with Crippen molar-refractivity contribution in [3.05, 3.63) is 59.1 Å². The zero-order valence-electron chi connectivity index (χ0n) is 13.1. The molecule has 1 heterocycles. The molecular formula is C18H18N2OS2. The number of fused-ring (bicyclic) bond motifs is 1. The first-order valence-corrected chi connectivity index (χ1v) is 9.21. The minimum Gasteiger partial charge on any atom is -0.345 e. The molecule has 118 valence electrons. The molecule has 0 atom stereocenters. The SMILES string of the molecule is CC(C)Sc1ccccc1C(=O)NCc1nc2ccccc2s1. The summed E-state index contributed by atoms with van der Waals surface area (Å²) in [5.74, 6) is -0.0481. The highest BCUT2D eigenvalue weighted by molar-refractivity contribution is 8.00. The summed E-state index contributed by atoms with van der Waals surface area (Å²) < 4.78 is 1.15. The van der Waals surface area contributed by atoms with Crippen molar-refractivity contribution < 1.29 is 4.79 Å². The normalized spacial score (nSPS) is 11.1. The van der Waals surface area contributed by atoms with Crippen LogP contribution in [0.4, 0.5) is 0 Å². The number of hydrogen-bond donors (Lipinski definition) is 1. The molecule has 5 heteroatoms.